The molecule has 2 nitrogen and oxygen atoms in total. The molecule has 1 saturated heterocycles. The van der Waals surface area contributed by atoms with E-state index in [1.165, 1.54) is 25.8 Å². The lowest BCUT2D eigenvalue weighted by Crippen LogP contribution is -2.22. The van der Waals surface area contributed by atoms with E-state index < -0.39 is 0 Å². The summed E-state index contributed by atoms with van der Waals surface area (Å²) in [5, 5.41) is 3.65. The Kier molecular flexibility index (Phi) is 2.13. The van der Waals surface area contributed by atoms with Crippen molar-refractivity contribution >= 4 is 0 Å². The van der Waals surface area contributed by atoms with Crippen LogP contribution in [-0.4, -0.2) is 11.1 Å². The van der Waals surface area contributed by atoms with E-state index in [0.29, 0.717) is 12.1 Å². The quantitative estimate of drug-likeness (QED) is 0.744. The van der Waals surface area contributed by atoms with Crippen molar-refractivity contribution in [2.75, 3.05) is 6.54 Å². The predicted octanol–water partition coefficient (Wildman–Crippen LogP) is 2.67. The van der Waals surface area contributed by atoms with Gasteiger partial charge in [0.2, 0.25) is 0 Å². The van der Waals surface area contributed by atoms with Crippen molar-refractivity contribution in [1.29, 1.82) is 0 Å². The van der Waals surface area contributed by atoms with Crippen LogP contribution in [0.2, 0.25) is 0 Å². The molecule has 1 fully saturated rings. The van der Waals surface area contributed by atoms with Crippen LogP contribution < -0.4 is 5.32 Å². The van der Waals surface area contributed by atoms with Crippen LogP contribution in [0, 0.1) is 5.92 Å². The third kappa shape index (κ3) is 1.43. The number of hydrogen-bond acceptors (Lipinski definition) is 1. The smallest absolute Gasteiger partial charge is 0.0367 e. The minimum atomic E-state index is 0.593. The summed E-state index contributed by atoms with van der Waals surface area (Å²) < 4.78 is 2.37. The summed E-state index contributed by atoms with van der Waals surface area (Å²) in [4.78, 5) is 0. The molecule has 0 bridgehead atoms. The van der Waals surface area contributed by atoms with Crippen LogP contribution in [-0.2, 0) is 6.42 Å². The molecule has 1 aromatic rings. The van der Waals surface area contributed by atoms with Crippen molar-refractivity contribution in [3.63, 3.8) is 0 Å². The molecule has 1 N–H and O–H groups in total. The minimum Gasteiger partial charge on any atom is -0.351 e. The van der Waals surface area contributed by atoms with Gasteiger partial charge in [0.05, 0.1) is 0 Å². The van der Waals surface area contributed by atoms with Gasteiger partial charge in [-0.15, -0.1) is 0 Å². The molecule has 3 rings (SSSR count). The van der Waals surface area contributed by atoms with Crippen LogP contribution in [0.4, 0.5) is 0 Å². The van der Waals surface area contributed by atoms with E-state index in [1.54, 1.807) is 11.1 Å². The van der Waals surface area contributed by atoms with Gasteiger partial charge in [-0.05, 0) is 56.7 Å². The lowest BCUT2D eigenvalue weighted by molar-refractivity contribution is 0.407. The summed E-state index contributed by atoms with van der Waals surface area (Å²) in [6, 6.07) is 1.25. The standard InChI is InChI=1S/C13H20N2/c1-9(2)15-7-11-4-3-10-5-6-14-13(10)12(11)8-15/h7-10,13-14H,3-6H2,1-2H3. The van der Waals surface area contributed by atoms with Crippen LogP contribution in [0.25, 0.3) is 0 Å². The lowest BCUT2D eigenvalue weighted by atomic mass is 9.83. The third-order valence-corrected chi connectivity index (χ3v) is 4.03. The number of aromatic nitrogens is 1. The van der Waals surface area contributed by atoms with Gasteiger partial charge in [0, 0.05) is 24.5 Å². The van der Waals surface area contributed by atoms with E-state index in [1.807, 2.05) is 0 Å². The summed E-state index contributed by atoms with van der Waals surface area (Å²) in [6.45, 7) is 5.72. The third-order valence-electron chi connectivity index (χ3n) is 4.03. The highest BCUT2D eigenvalue weighted by molar-refractivity contribution is 5.32. The van der Waals surface area contributed by atoms with Gasteiger partial charge >= 0.3 is 0 Å². The van der Waals surface area contributed by atoms with Crippen molar-refractivity contribution < 1.29 is 0 Å². The molecular weight excluding hydrogens is 184 g/mol. The topological polar surface area (TPSA) is 17.0 Å². The highest BCUT2D eigenvalue weighted by Gasteiger charge is 2.33. The first-order valence-corrected chi connectivity index (χ1v) is 6.19. The van der Waals surface area contributed by atoms with Crippen molar-refractivity contribution in [2.45, 2.75) is 45.2 Å². The molecule has 15 heavy (non-hydrogen) atoms. The van der Waals surface area contributed by atoms with Gasteiger partial charge in [0.25, 0.3) is 0 Å². The fourth-order valence-electron chi connectivity index (χ4n) is 3.10. The number of hydrogen-bond donors (Lipinski definition) is 1. The fourth-order valence-corrected chi connectivity index (χ4v) is 3.10. The molecule has 0 saturated carbocycles. The van der Waals surface area contributed by atoms with Gasteiger partial charge in [0.1, 0.15) is 0 Å². The van der Waals surface area contributed by atoms with Crippen molar-refractivity contribution in [3.8, 4) is 0 Å². The van der Waals surface area contributed by atoms with E-state index in [0.717, 1.165) is 5.92 Å². The van der Waals surface area contributed by atoms with E-state index in [-0.39, 0.29) is 0 Å². The largest absolute Gasteiger partial charge is 0.351 e. The second-order valence-corrected chi connectivity index (χ2v) is 5.30. The first-order valence-electron chi connectivity index (χ1n) is 6.19. The molecule has 82 valence electrons. The van der Waals surface area contributed by atoms with Gasteiger partial charge in [-0.3, -0.25) is 0 Å². The van der Waals surface area contributed by atoms with Crippen LogP contribution >= 0.6 is 0 Å². The molecule has 1 aliphatic heterocycles. The Morgan fingerprint density at radius 1 is 1.33 bits per heavy atom. The molecule has 1 aromatic heterocycles. The minimum absolute atomic E-state index is 0.593. The van der Waals surface area contributed by atoms with Gasteiger partial charge in [-0.1, -0.05) is 0 Å². The first-order chi connectivity index (χ1) is 7.25. The van der Waals surface area contributed by atoms with Gasteiger partial charge in [0.15, 0.2) is 0 Å². The zero-order chi connectivity index (χ0) is 10.4. The van der Waals surface area contributed by atoms with E-state index in [4.69, 9.17) is 0 Å². The van der Waals surface area contributed by atoms with Crippen molar-refractivity contribution in [3.05, 3.63) is 23.5 Å². The Balaban J connectivity index is 1.99. The number of rotatable bonds is 1. The molecule has 2 unspecified atom stereocenters. The summed E-state index contributed by atoms with van der Waals surface area (Å²) in [5.74, 6) is 0.903. The van der Waals surface area contributed by atoms with Crippen LogP contribution in [0.5, 0.6) is 0 Å². The van der Waals surface area contributed by atoms with E-state index in [2.05, 4.69) is 36.1 Å². The normalized spacial score (nSPS) is 29.3. The zero-order valence-electron chi connectivity index (χ0n) is 9.66. The second-order valence-electron chi connectivity index (χ2n) is 5.30. The Bertz CT molecular complexity index is 365. The lowest BCUT2D eigenvalue weighted by Gasteiger charge is -2.25. The van der Waals surface area contributed by atoms with Crippen molar-refractivity contribution in [1.82, 2.24) is 9.88 Å². The van der Waals surface area contributed by atoms with E-state index >= 15 is 0 Å². The highest BCUT2D eigenvalue weighted by Crippen LogP contribution is 2.40. The number of nitrogens with one attached hydrogen (secondary N) is 1. The molecule has 0 spiro atoms. The average molecular weight is 204 g/mol. The molecule has 2 aliphatic rings. The Morgan fingerprint density at radius 2 is 2.20 bits per heavy atom. The summed E-state index contributed by atoms with van der Waals surface area (Å²) in [6.07, 6.45) is 8.77. The summed E-state index contributed by atoms with van der Waals surface area (Å²) in [7, 11) is 0. The number of aryl methyl sites for hydroxylation is 1. The van der Waals surface area contributed by atoms with Crippen LogP contribution in [0.15, 0.2) is 12.4 Å². The van der Waals surface area contributed by atoms with Crippen molar-refractivity contribution in [2.24, 2.45) is 5.92 Å². The fraction of sp³-hybridized carbons (Fsp3) is 0.692. The van der Waals surface area contributed by atoms with Gasteiger partial charge < -0.3 is 9.88 Å². The van der Waals surface area contributed by atoms with Gasteiger partial charge in [-0.2, -0.15) is 0 Å². The molecule has 0 amide bonds. The monoisotopic (exact) mass is 204 g/mol. The second kappa shape index (κ2) is 3.38. The van der Waals surface area contributed by atoms with Gasteiger partial charge in [-0.25, -0.2) is 0 Å². The van der Waals surface area contributed by atoms with Crippen LogP contribution in [0.1, 0.15) is 49.9 Å². The highest BCUT2D eigenvalue weighted by atomic mass is 15.0. The molecular formula is C13H20N2. The maximum Gasteiger partial charge on any atom is 0.0367 e. The Labute approximate surface area is 91.7 Å². The molecule has 0 radical (unpaired) electrons. The average Bonchev–Trinajstić information content (AvgIpc) is 2.82. The number of nitrogens with zero attached hydrogens (tertiary/aromatic N) is 1. The Morgan fingerprint density at radius 3 is 3.00 bits per heavy atom. The molecule has 2 heteroatoms. The zero-order valence-corrected chi connectivity index (χ0v) is 9.66. The predicted molar refractivity (Wildman–Crippen MR) is 62.0 cm³/mol. The first kappa shape index (κ1) is 9.46. The molecule has 1 aliphatic carbocycles. The van der Waals surface area contributed by atoms with Crippen LogP contribution in [0.3, 0.4) is 0 Å². The van der Waals surface area contributed by atoms with E-state index in [9.17, 15) is 0 Å². The number of fused-ring (bicyclic) bond motifs is 3. The maximum atomic E-state index is 3.65. The maximum absolute atomic E-state index is 3.65. The Hall–Kier alpha value is -0.760. The summed E-state index contributed by atoms with van der Waals surface area (Å²) >= 11 is 0. The molecule has 2 heterocycles. The molecule has 0 aromatic carbocycles. The molecule has 2 atom stereocenters. The SMILES string of the molecule is CC(C)n1cc2c(c1)C1NCCC1CC2. The summed E-state index contributed by atoms with van der Waals surface area (Å²) in [5.41, 5.74) is 3.16.